The van der Waals surface area contributed by atoms with Gasteiger partial charge in [0.05, 0.1) is 20.2 Å². The van der Waals surface area contributed by atoms with Crippen LogP contribution in [0.15, 0.2) is 0 Å². The second kappa shape index (κ2) is 31.6. The van der Waals surface area contributed by atoms with Crippen molar-refractivity contribution >= 4 is 58.0 Å². The van der Waals surface area contributed by atoms with E-state index in [0.29, 0.717) is 12.8 Å². The smallest absolute Gasteiger partial charge is 0.748 e. The molecule has 220 valence electrons. The first kappa shape index (κ1) is 42.5. The maximum atomic E-state index is 10.4. The maximum Gasteiger partial charge on any atom is 2.00 e. The van der Waals surface area contributed by atoms with Crippen LogP contribution < -0.4 is 0 Å². The van der Waals surface area contributed by atoms with Crippen LogP contribution in [0.2, 0.25) is 0 Å². The molecule has 37 heavy (non-hydrogen) atoms. The molecule has 0 aromatic rings. The van der Waals surface area contributed by atoms with Crippen LogP contribution in [0.3, 0.4) is 0 Å². The van der Waals surface area contributed by atoms with Crippen molar-refractivity contribution in [2.45, 2.75) is 168 Å². The van der Waals surface area contributed by atoms with Gasteiger partial charge in [-0.3, -0.25) is 0 Å². The zero-order chi connectivity index (χ0) is 27.4. The fourth-order valence-corrected chi connectivity index (χ4v) is 5.36. The fourth-order valence-electron chi connectivity index (χ4n) is 4.24. The molecule has 9 heteroatoms. The van der Waals surface area contributed by atoms with Crippen molar-refractivity contribution in [2.24, 2.45) is 0 Å². The van der Waals surface area contributed by atoms with Crippen molar-refractivity contribution in [2.75, 3.05) is 11.5 Å². The third-order valence-corrected chi connectivity index (χ3v) is 8.07. The first-order valence-electron chi connectivity index (χ1n) is 15.0. The minimum Gasteiger partial charge on any atom is -0.748 e. The van der Waals surface area contributed by atoms with Crippen molar-refractivity contribution in [3.8, 4) is 0 Å². The quantitative estimate of drug-likeness (QED) is 0.0568. The van der Waals surface area contributed by atoms with Gasteiger partial charge in [0.1, 0.15) is 0 Å². The predicted molar refractivity (Wildman–Crippen MR) is 157 cm³/mol. The van der Waals surface area contributed by atoms with E-state index in [4.69, 9.17) is 0 Å². The van der Waals surface area contributed by atoms with Gasteiger partial charge in [0.15, 0.2) is 0 Å². The zero-order valence-electron chi connectivity index (χ0n) is 24.4. The Balaban J connectivity index is -0.000000608. The van der Waals surface area contributed by atoms with Crippen LogP contribution in [-0.4, -0.2) is 75.2 Å². The topological polar surface area (TPSA) is 114 Å². The van der Waals surface area contributed by atoms with E-state index in [9.17, 15) is 25.9 Å². The maximum absolute atomic E-state index is 10.4. The van der Waals surface area contributed by atoms with E-state index in [2.05, 4.69) is 13.8 Å². The summed E-state index contributed by atoms with van der Waals surface area (Å²) >= 11 is 0. The van der Waals surface area contributed by atoms with E-state index < -0.39 is 20.2 Å². The molecule has 0 unspecified atom stereocenters. The van der Waals surface area contributed by atoms with Gasteiger partial charge in [0, 0.05) is 11.5 Å². The largest absolute Gasteiger partial charge is 2.00 e. The summed E-state index contributed by atoms with van der Waals surface area (Å²) in [5.74, 6) is -0.380. The standard InChI is InChI=1S/2C14H30O3S.Ca/c2*1-2-3-4-5-6-7-8-9-10-11-12-13-14-18(15,16)17;/h2*2-14H2,1H3,(H,15,16,17);/q;;+2/p-2. The summed E-state index contributed by atoms with van der Waals surface area (Å²) in [4.78, 5) is 0. The third-order valence-electron chi connectivity index (χ3n) is 6.50. The van der Waals surface area contributed by atoms with Gasteiger partial charge < -0.3 is 9.11 Å². The summed E-state index contributed by atoms with van der Waals surface area (Å²) in [6.07, 6.45) is 28.6. The molecule has 0 saturated carbocycles. The predicted octanol–water partition coefficient (Wildman–Crippen LogP) is 8.08. The van der Waals surface area contributed by atoms with Gasteiger partial charge in [-0.05, 0) is 12.8 Å². The second-order valence-electron chi connectivity index (χ2n) is 10.3. The molecule has 0 saturated heterocycles. The van der Waals surface area contributed by atoms with E-state index in [0.717, 1.165) is 25.7 Å². The van der Waals surface area contributed by atoms with Gasteiger partial charge in [-0.2, -0.15) is 0 Å². The van der Waals surface area contributed by atoms with Gasteiger partial charge in [-0.1, -0.05) is 155 Å². The summed E-state index contributed by atoms with van der Waals surface area (Å²) < 4.78 is 62.1. The Morgan fingerprint density at radius 1 is 0.351 bits per heavy atom. The van der Waals surface area contributed by atoms with Crippen molar-refractivity contribution < 1.29 is 25.9 Å². The van der Waals surface area contributed by atoms with Crippen LogP contribution >= 0.6 is 0 Å². The molecule has 0 aromatic heterocycles. The van der Waals surface area contributed by atoms with Crippen molar-refractivity contribution in [3.05, 3.63) is 0 Å². The van der Waals surface area contributed by atoms with Crippen LogP contribution in [0.4, 0.5) is 0 Å². The van der Waals surface area contributed by atoms with E-state index in [1.165, 1.54) is 116 Å². The molecule has 0 rings (SSSR count). The Bertz CT molecular complexity index is 583. The minimum absolute atomic E-state index is 0. The van der Waals surface area contributed by atoms with Crippen molar-refractivity contribution in [3.63, 3.8) is 0 Å². The Hall–Kier alpha value is 1.08. The molecular weight excluding hydrogens is 537 g/mol. The van der Waals surface area contributed by atoms with E-state index in [1.54, 1.807) is 0 Å². The van der Waals surface area contributed by atoms with Gasteiger partial charge in [0.2, 0.25) is 0 Å². The first-order valence-corrected chi connectivity index (χ1v) is 18.1. The molecule has 0 fully saturated rings. The van der Waals surface area contributed by atoms with E-state index in [-0.39, 0.29) is 49.2 Å². The Morgan fingerprint density at radius 2 is 0.514 bits per heavy atom. The average Bonchev–Trinajstić information content (AvgIpc) is 2.79. The summed E-state index contributed by atoms with van der Waals surface area (Å²) in [5.41, 5.74) is 0. The van der Waals surface area contributed by atoms with Gasteiger partial charge >= 0.3 is 37.7 Å². The minimum atomic E-state index is -3.99. The second-order valence-corrected chi connectivity index (χ2v) is 13.3. The van der Waals surface area contributed by atoms with E-state index in [1.807, 2.05) is 0 Å². The molecule has 0 amide bonds. The van der Waals surface area contributed by atoms with Gasteiger partial charge in [-0.25, -0.2) is 16.8 Å². The van der Waals surface area contributed by atoms with Gasteiger partial charge in [0.25, 0.3) is 0 Å². The molecule has 0 radical (unpaired) electrons. The van der Waals surface area contributed by atoms with Crippen molar-refractivity contribution in [1.29, 1.82) is 0 Å². The van der Waals surface area contributed by atoms with Crippen LogP contribution in [-0.2, 0) is 20.2 Å². The third kappa shape index (κ3) is 47.2. The van der Waals surface area contributed by atoms with Crippen LogP contribution in [0.5, 0.6) is 0 Å². The van der Waals surface area contributed by atoms with Crippen LogP contribution in [0, 0.1) is 0 Å². The number of unbranched alkanes of at least 4 members (excludes halogenated alkanes) is 22. The zero-order valence-corrected chi connectivity index (χ0v) is 28.2. The molecule has 0 bridgehead atoms. The number of hydrogen-bond acceptors (Lipinski definition) is 6. The molecule has 0 aliphatic rings. The Labute approximate surface area is 261 Å². The Morgan fingerprint density at radius 3 is 0.676 bits per heavy atom. The molecule has 0 N–H and O–H groups in total. The van der Waals surface area contributed by atoms with Crippen molar-refractivity contribution in [1.82, 2.24) is 0 Å². The SMILES string of the molecule is CCCCCCCCCCCCCCS(=O)(=O)[O-].CCCCCCCCCCCCCCS(=O)(=O)[O-].[Ca+2]. The van der Waals surface area contributed by atoms with E-state index >= 15 is 0 Å². The molecule has 0 aliphatic heterocycles. The summed E-state index contributed by atoms with van der Waals surface area (Å²) in [7, 11) is -7.97. The molecule has 0 spiro atoms. The number of hydrogen-bond donors (Lipinski definition) is 0. The summed E-state index contributed by atoms with van der Waals surface area (Å²) in [5, 5.41) is 0. The molecule has 0 aliphatic carbocycles. The van der Waals surface area contributed by atoms with Crippen LogP contribution in [0.1, 0.15) is 168 Å². The molecule has 0 atom stereocenters. The Kier molecular flexibility index (Phi) is 36.3. The normalized spacial score (nSPS) is 11.6. The summed E-state index contributed by atoms with van der Waals surface area (Å²) in [6, 6.07) is 0. The monoisotopic (exact) mass is 594 g/mol. The van der Waals surface area contributed by atoms with Crippen LogP contribution in [0.25, 0.3) is 0 Å². The first-order chi connectivity index (χ1) is 17.1. The summed E-state index contributed by atoms with van der Waals surface area (Å²) in [6.45, 7) is 4.47. The molecule has 0 heterocycles. The average molecular weight is 595 g/mol. The molecule has 6 nitrogen and oxygen atoms in total. The van der Waals surface area contributed by atoms with Gasteiger partial charge in [-0.15, -0.1) is 0 Å². The molecule has 0 aromatic carbocycles. The molecular formula is C28H58CaO6S2. The number of rotatable bonds is 26. The fraction of sp³-hybridized carbons (Fsp3) is 1.00.